The van der Waals surface area contributed by atoms with E-state index in [1.165, 1.54) is 12.1 Å². The van der Waals surface area contributed by atoms with Gasteiger partial charge in [-0.25, -0.2) is 9.37 Å². The first-order chi connectivity index (χ1) is 7.70. The summed E-state index contributed by atoms with van der Waals surface area (Å²) >= 11 is 0. The standard InChI is InChI=1S/C13H12FNO/c1-9-7-12(13(16-2)15-8-9)10-3-5-11(14)6-4-10/h3-8H,1-2H3. The molecule has 0 aliphatic carbocycles. The molecular weight excluding hydrogens is 205 g/mol. The number of hydrogen-bond acceptors (Lipinski definition) is 2. The van der Waals surface area contributed by atoms with Gasteiger partial charge < -0.3 is 4.74 Å². The van der Waals surface area contributed by atoms with Gasteiger partial charge in [0.1, 0.15) is 5.82 Å². The van der Waals surface area contributed by atoms with E-state index in [1.807, 2.05) is 13.0 Å². The van der Waals surface area contributed by atoms with Crippen LogP contribution in [0.1, 0.15) is 5.56 Å². The van der Waals surface area contributed by atoms with E-state index in [0.717, 1.165) is 16.7 Å². The zero-order valence-electron chi connectivity index (χ0n) is 9.20. The van der Waals surface area contributed by atoms with Gasteiger partial charge in [0.2, 0.25) is 5.88 Å². The van der Waals surface area contributed by atoms with Gasteiger partial charge in [0.05, 0.1) is 7.11 Å². The average molecular weight is 217 g/mol. The van der Waals surface area contributed by atoms with Crippen LogP contribution in [0, 0.1) is 12.7 Å². The summed E-state index contributed by atoms with van der Waals surface area (Å²) in [4.78, 5) is 4.18. The number of nitrogens with zero attached hydrogens (tertiary/aromatic N) is 1. The first kappa shape index (κ1) is 10.6. The Hall–Kier alpha value is -1.90. The Bertz CT molecular complexity index is 494. The highest BCUT2D eigenvalue weighted by Crippen LogP contribution is 2.28. The maximum absolute atomic E-state index is 12.8. The number of pyridine rings is 1. The summed E-state index contributed by atoms with van der Waals surface area (Å²) in [5.74, 6) is 0.306. The van der Waals surface area contributed by atoms with Crippen molar-refractivity contribution < 1.29 is 9.13 Å². The molecule has 82 valence electrons. The third kappa shape index (κ3) is 2.03. The van der Waals surface area contributed by atoms with Gasteiger partial charge in [0.25, 0.3) is 0 Å². The molecule has 3 heteroatoms. The van der Waals surface area contributed by atoms with Crippen LogP contribution in [-0.2, 0) is 0 Å². The van der Waals surface area contributed by atoms with Crippen molar-refractivity contribution in [2.45, 2.75) is 6.92 Å². The molecule has 2 rings (SSSR count). The molecule has 1 aromatic heterocycles. The number of rotatable bonds is 2. The molecule has 0 unspecified atom stereocenters. The number of aromatic nitrogens is 1. The lowest BCUT2D eigenvalue weighted by Crippen LogP contribution is -1.92. The Balaban J connectivity index is 2.53. The third-order valence-corrected chi connectivity index (χ3v) is 2.34. The number of hydrogen-bond donors (Lipinski definition) is 0. The molecule has 0 fully saturated rings. The molecule has 0 bridgehead atoms. The average Bonchev–Trinajstić information content (AvgIpc) is 2.30. The lowest BCUT2D eigenvalue weighted by Gasteiger charge is -2.08. The number of benzene rings is 1. The van der Waals surface area contributed by atoms with Crippen molar-refractivity contribution in [1.29, 1.82) is 0 Å². The molecule has 0 radical (unpaired) electrons. The zero-order chi connectivity index (χ0) is 11.5. The molecule has 1 aromatic carbocycles. The molecule has 0 aliphatic rings. The SMILES string of the molecule is COc1ncc(C)cc1-c1ccc(F)cc1. The molecule has 1 heterocycles. The highest BCUT2D eigenvalue weighted by Gasteiger charge is 2.07. The Kier molecular flexibility index (Phi) is 2.86. The Labute approximate surface area is 93.7 Å². The summed E-state index contributed by atoms with van der Waals surface area (Å²) in [6, 6.07) is 8.26. The van der Waals surface area contributed by atoms with Gasteiger partial charge in [-0.05, 0) is 36.2 Å². The van der Waals surface area contributed by atoms with Crippen molar-refractivity contribution >= 4 is 0 Å². The molecule has 0 atom stereocenters. The van der Waals surface area contributed by atoms with Crippen molar-refractivity contribution in [3.05, 3.63) is 47.9 Å². The highest BCUT2D eigenvalue weighted by atomic mass is 19.1. The summed E-state index contributed by atoms with van der Waals surface area (Å²) in [6.45, 7) is 1.96. The number of aryl methyl sites for hydroxylation is 1. The molecule has 2 aromatic rings. The van der Waals surface area contributed by atoms with E-state index in [-0.39, 0.29) is 5.82 Å². The predicted octanol–water partition coefficient (Wildman–Crippen LogP) is 3.20. The van der Waals surface area contributed by atoms with Gasteiger partial charge in [0, 0.05) is 11.8 Å². The lowest BCUT2D eigenvalue weighted by atomic mass is 10.1. The Morgan fingerprint density at radius 3 is 2.50 bits per heavy atom. The van der Waals surface area contributed by atoms with Crippen molar-refractivity contribution in [2.75, 3.05) is 7.11 Å². The number of ether oxygens (including phenoxy) is 1. The molecule has 0 spiro atoms. The minimum Gasteiger partial charge on any atom is -0.481 e. The van der Waals surface area contributed by atoms with Crippen LogP contribution in [0.5, 0.6) is 5.88 Å². The summed E-state index contributed by atoms with van der Waals surface area (Å²) in [6.07, 6.45) is 1.74. The second kappa shape index (κ2) is 4.31. The fraction of sp³-hybridized carbons (Fsp3) is 0.154. The zero-order valence-corrected chi connectivity index (χ0v) is 9.20. The van der Waals surface area contributed by atoms with E-state index < -0.39 is 0 Å². The fourth-order valence-corrected chi connectivity index (χ4v) is 1.56. The molecule has 0 saturated heterocycles. The van der Waals surface area contributed by atoms with Crippen LogP contribution in [0.25, 0.3) is 11.1 Å². The minimum atomic E-state index is -0.247. The van der Waals surface area contributed by atoms with E-state index in [4.69, 9.17) is 4.74 Å². The fourth-order valence-electron chi connectivity index (χ4n) is 1.56. The first-order valence-electron chi connectivity index (χ1n) is 4.97. The van der Waals surface area contributed by atoms with Gasteiger partial charge >= 0.3 is 0 Å². The summed E-state index contributed by atoms with van der Waals surface area (Å²) < 4.78 is 18.0. The summed E-state index contributed by atoms with van der Waals surface area (Å²) in [5.41, 5.74) is 2.82. The van der Waals surface area contributed by atoms with Crippen molar-refractivity contribution in [3.63, 3.8) is 0 Å². The molecule has 0 amide bonds. The van der Waals surface area contributed by atoms with Gasteiger partial charge in [-0.2, -0.15) is 0 Å². The Morgan fingerprint density at radius 2 is 1.88 bits per heavy atom. The quantitative estimate of drug-likeness (QED) is 0.770. The normalized spacial score (nSPS) is 10.2. The van der Waals surface area contributed by atoms with E-state index >= 15 is 0 Å². The summed E-state index contributed by atoms with van der Waals surface area (Å²) in [7, 11) is 1.57. The van der Waals surface area contributed by atoms with E-state index in [9.17, 15) is 4.39 Å². The van der Waals surface area contributed by atoms with E-state index in [0.29, 0.717) is 5.88 Å². The van der Waals surface area contributed by atoms with Crippen LogP contribution >= 0.6 is 0 Å². The minimum absolute atomic E-state index is 0.247. The van der Waals surface area contributed by atoms with Gasteiger partial charge in [-0.15, -0.1) is 0 Å². The van der Waals surface area contributed by atoms with Crippen LogP contribution in [0.3, 0.4) is 0 Å². The lowest BCUT2D eigenvalue weighted by molar-refractivity contribution is 0.399. The van der Waals surface area contributed by atoms with Crippen LogP contribution < -0.4 is 4.74 Å². The largest absolute Gasteiger partial charge is 0.481 e. The molecule has 0 saturated carbocycles. The van der Waals surface area contributed by atoms with Gasteiger partial charge in [0.15, 0.2) is 0 Å². The van der Waals surface area contributed by atoms with E-state index in [1.54, 1.807) is 25.4 Å². The summed E-state index contributed by atoms with van der Waals surface area (Å²) in [5, 5.41) is 0. The smallest absolute Gasteiger partial charge is 0.221 e. The molecule has 0 N–H and O–H groups in total. The van der Waals surface area contributed by atoms with Gasteiger partial charge in [-0.1, -0.05) is 12.1 Å². The monoisotopic (exact) mass is 217 g/mol. The highest BCUT2D eigenvalue weighted by molar-refractivity contribution is 5.69. The second-order valence-electron chi connectivity index (χ2n) is 3.58. The van der Waals surface area contributed by atoms with E-state index in [2.05, 4.69) is 4.98 Å². The van der Waals surface area contributed by atoms with Crippen molar-refractivity contribution in [2.24, 2.45) is 0 Å². The molecule has 0 aliphatic heterocycles. The molecule has 2 nitrogen and oxygen atoms in total. The molecule has 16 heavy (non-hydrogen) atoms. The van der Waals surface area contributed by atoms with Crippen LogP contribution in [0.2, 0.25) is 0 Å². The number of methoxy groups -OCH3 is 1. The second-order valence-corrected chi connectivity index (χ2v) is 3.58. The Morgan fingerprint density at radius 1 is 1.19 bits per heavy atom. The van der Waals surface area contributed by atoms with Crippen molar-refractivity contribution in [1.82, 2.24) is 4.98 Å². The van der Waals surface area contributed by atoms with Crippen LogP contribution in [0.15, 0.2) is 36.5 Å². The maximum atomic E-state index is 12.8. The number of halogens is 1. The third-order valence-electron chi connectivity index (χ3n) is 2.34. The molecular formula is C13H12FNO. The van der Waals surface area contributed by atoms with Crippen molar-refractivity contribution in [3.8, 4) is 17.0 Å². The first-order valence-corrected chi connectivity index (χ1v) is 4.97. The van der Waals surface area contributed by atoms with Crippen LogP contribution in [0.4, 0.5) is 4.39 Å². The topological polar surface area (TPSA) is 22.1 Å². The maximum Gasteiger partial charge on any atom is 0.221 e. The van der Waals surface area contributed by atoms with Gasteiger partial charge in [-0.3, -0.25) is 0 Å². The predicted molar refractivity (Wildman–Crippen MR) is 60.9 cm³/mol. The van der Waals surface area contributed by atoms with Crippen LogP contribution in [-0.4, -0.2) is 12.1 Å².